The molecule has 0 fully saturated rings. The fraction of sp³-hybridized carbons (Fsp3) is 0.200. The van der Waals surface area contributed by atoms with Crippen LogP contribution in [-0.2, 0) is 13.0 Å². The van der Waals surface area contributed by atoms with Gasteiger partial charge in [-0.1, -0.05) is 49.4 Å². The summed E-state index contributed by atoms with van der Waals surface area (Å²) >= 11 is 0. The van der Waals surface area contributed by atoms with Crippen molar-refractivity contribution >= 4 is 34.2 Å². The second kappa shape index (κ2) is 6.92. The van der Waals surface area contributed by atoms with E-state index in [4.69, 9.17) is 0 Å². The molecule has 1 N–H and O–H groups in total. The Balaban J connectivity index is 1.62. The van der Waals surface area contributed by atoms with E-state index in [0.29, 0.717) is 5.95 Å². The zero-order valence-electron chi connectivity index (χ0n) is 14.8. The van der Waals surface area contributed by atoms with E-state index in [0.717, 1.165) is 40.6 Å². The summed E-state index contributed by atoms with van der Waals surface area (Å²) in [6.07, 6.45) is 2.78. The van der Waals surface area contributed by atoms with E-state index in [-0.39, 0.29) is 0 Å². The second-order valence-corrected chi connectivity index (χ2v) is 6.03. The number of benzene rings is 2. The van der Waals surface area contributed by atoms with E-state index in [1.54, 1.807) is 6.21 Å². The van der Waals surface area contributed by atoms with Crippen LogP contribution in [0, 0.1) is 0 Å². The zero-order chi connectivity index (χ0) is 17.9. The standard InChI is InChI=1S/C20H20N6/c1-3-14-9-11-15(12-10-14)13-21-24-20-22-19-18(23-25-20)16-7-5-6-8-17(16)26(19)4-2/h5-13H,3-4H2,1-2H3,(H,22,24,25)/b21-13+. The number of para-hydroxylation sites is 1. The van der Waals surface area contributed by atoms with Crippen LogP contribution < -0.4 is 5.43 Å². The number of fused-ring (bicyclic) bond motifs is 3. The molecule has 0 aliphatic heterocycles. The molecule has 0 aliphatic rings. The van der Waals surface area contributed by atoms with Crippen molar-refractivity contribution in [3.63, 3.8) is 0 Å². The Labute approximate surface area is 151 Å². The first kappa shape index (κ1) is 16.2. The number of nitrogens with one attached hydrogen (secondary N) is 1. The highest BCUT2D eigenvalue weighted by Crippen LogP contribution is 2.25. The molecule has 0 saturated heterocycles. The molecule has 6 nitrogen and oxygen atoms in total. The Kier molecular flexibility index (Phi) is 4.31. The first-order valence-corrected chi connectivity index (χ1v) is 8.79. The number of anilines is 1. The first-order chi connectivity index (χ1) is 12.8. The summed E-state index contributed by atoms with van der Waals surface area (Å²) in [7, 11) is 0. The molecule has 0 saturated carbocycles. The summed E-state index contributed by atoms with van der Waals surface area (Å²) in [5.41, 5.74) is 7.95. The Morgan fingerprint density at radius 2 is 1.85 bits per heavy atom. The van der Waals surface area contributed by atoms with Gasteiger partial charge in [-0.2, -0.15) is 10.1 Å². The molecule has 2 heterocycles. The maximum Gasteiger partial charge on any atom is 0.265 e. The van der Waals surface area contributed by atoms with Crippen LogP contribution in [0.15, 0.2) is 53.6 Å². The lowest BCUT2D eigenvalue weighted by atomic mass is 10.1. The van der Waals surface area contributed by atoms with Gasteiger partial charge >= 0.3 is 0 Å². The van der Waals surface area contributed by atoms with Crippen molar-refractivity contribution in [1.29, 1.82) is 0 Å². The molecule has 0 atom stereocenters. The van der Waals surface area contributed by atoms with Gasteiger partial charge in [-0.25, -0.2) is 5.43 Å². The van der Waals surface area contributed by atoms with Gasteiger partial charge in [-0.15, -0.1) is 10.2 Å². The van der Waals surface area contributed by atoms with Gasteiger partial charge in [0.1, 0.15) is 5.52 Å². The highest BCUT2D eigenvalue weighted by Gasteiger charge is 2.13. The summed E-state index contributed by atoms with van der Waals surface area (Å²) in [5, 5.41) is 13.8. The van der Waals surface area contributed by atoms with Gasteiger partial charge in [0.25, 0.3) is 5.95 Å². The van der Waals surface area contributed by atoms with Gasteiger partial charge in [0, 0.05) is 11.9 Å². The smallest absolute Gasteiger partial charge is 0.265 e. The monoisotopic (exact) mass is 344 g/mol. The average Bonchev–Trinajstić information content (AvgIpc) is 3.01. The van der Waals surface area contributed by atoms with Crippen molar-refractivity contribution in [2.45, 2.75) is 26.8 Å². The predicted octanol–water partition coefficient (Wildman–Crippen LogP) is 4.01. The lowest BCUT2D eigenvalue weighted by molar-refractivity contribution is 0.811. The van der Waals surface area contributed by atoms with Crippen LogP contribution in [0.25, 0.3) is 22.1 Å². The topological polar surface area (TPSA) is 68.0 Å². The molecule has 26 heavy (non-hydrogen) atoms. The number of hydrogen-bond donors (Lipinski definition) is 1. The molecule has 0 spiro atoms. The molecule has 0 aliphatic carbocycles. The molecule has 0 radical (unpaired) electrons. The van der Waals surface area contributed by atoms with E-state index in [1.807, 2.05) is 30.3 Å². The largest absolute Gasteiger partial charge is 0.324 e. The van der Waals surface area contributed by atoms with Crippen molar-refractivity contribution < 1.29 is 0 Å². The molecule has 130 valence electrons. The summed E-state index contributed by atoms with van der Waals surface area (Å²) < 4.78 is 2.14. The van der Waals surface area contributed by atoms with E-state index in [2.05, 4.69) is 62.3 Å². The fourth-order valence-electron chi connectivity index (χ4n) is 3.07. The molecule has 2 aromatic carbocycles. The summed E-state index contributed by atoms with van der Waals surface area (Å²) in [4.78, 5) is 4.61. The number of hydrogen-bond acceptors (Lipinski definition) is 5. The Bertz CT molecular complexity index is 1080. The van der Waals surface area contributed by atoms with Crippen molar-refractivity contribution in [2.24, 2.45) is 5.10 Å². The molecule has 0 amide bonds. The lowest BCUT2D eigenvalue weighted by Crippen LogP contribution is -2.02. The predicted molar refractivity (Wildman–Crippen MR) is 106 cm³/mol. The van der Waals surface area contributed by atoms with Crippen LogP contribution in [0.1, 0.15) is 25.0 Å². The highest BCUT2D eigenvalue weighted by atomic mass is 15.4. The normalized spacial score (nSPS) is 11.6. The van der Waals surface area contributed by atoms with Crippen molar-refractivity contribution in [3.05, 3.63) is 59.7 Å². The highest BCUT2D eigenvalue weighted by molar-refractivity contribution is 6.04. The average molecular weight is 344 g/mol. The number of hydrazone groups is 1. The lowest BCUT2D eigenvalue weighted by Gasteiger charge is -2.02. The SMILES string of the molecule is CCc1ccc(/C=N/Nc2nnc3c4ccccc4n(CC)c3n2)cc1. The summed E-state index contributed by atoms with van der Waals surface area (Å²) in [6, 6.07) is 16.4. The van der Waals surface area contributed by atoms with Crippen LogP contribution >= 0.6 is 0 Å². The third-order valence-corrected chi connectivity index (χ3v) is 4.46. The maximum atomic E-state index is 4.61. The van der Waals surface area contributed by atoms with E-state index in [1.165, 1.54) is 5.56 Å². The molecule has 2 aromatic heterocycles. The van der Waals surface area contributed by atoms with E-state index < -0.39 is 0 Å². The van der Waals surface area contributed by atoms with E-state index in [9.17, 15) is 0 Å². The Hall–Kier alpha value is -3.28. The third kappa shape index (κ3) is 2.90. The van der Waals surface area contributed by atoms with Crippen molar-refractivity contribution in [2.75, 3.05) is 5.43 Å². The van der Waals surface area contributed by atoms with Crippen molar-refractivity contribution in [1.82, 2.24) is 19.7 Å². The minimum atomic E-state index is 0.386. The fourth-order valence-corrected chi connectivity index (χ4v) is 3.07. The van der Waals surface area contributed by atoms with Crippen LogP contribution in [0.2, 0.25) is 0 Å². The third-order valence-electron chi connectivity index (χ3n) is 4.46. The van der Waals surface area contributed by atoms with Gasteiger partial charge in [0.15, 0.2) is 5.65 Å². The maximum absolute atomic E-state index is 4.61. The van der Waals surface area contributed by atoms with Crippen molar-refractivity contribution in [3.8, 4) is 0 Å². The summed E-state index contributed by atoms with van der Waals surface area (Å²) in [5.74, 6) is 0.386. The minimum absolute atomic E-state index is 0.386. The second-order valence-electron chi connectivity index (χ2n) is 6.03. The molecular formula is C20H20N6. The van der Waals surface area contributed by atoms with Gasteiger partial charge in [-0.3, -0.25) is 0 Å². The summed E-state index contributed by atoms with van der Waals surface area (Å²) in [6.45, 7) is 5.05. The van der Waals surface area contributed by atoms with Gasteiger partial charge < -0.3 is 4.57 Å². The molecule has 4 rings (SSSR count). The van der Waals surface area contributed by atoms with Gasteiger partial charge in [0.05, 0.1) is 11.7 Å². The minimum Gasteiger partial charge on any atom is -0.324 e. The molecule has 0 bridgehead atoms. The Morgan fingerprint density at radius 1 is 1.04 bits per heavy atom. The quantitative estimate of drug-likeness (QED) is 0.439. The molecular weight excluding hydrogens is 324 g/mol. The van der Waals surface area contributed by atoms with Crippen LogP contribution in [0.5, 0.6) is 0 Å². The van der Waals surface area contributed by atoms with Crippen LogP contribution in [0.3, 0.4) is 0 Å². The Morgan fingerprint density at radius 3 is 2.62 bits per heavy atom. The van der Waals surface area contributed by atoms with Crippen LogP contribution in [-0.4, -0.2) is 26.0 Å². The number of rotatable bonds is 5. The molecule has 6 heteroatoms. The van der Waals surface area contributed by atoms with E-state index >= 15 is 0 Å². The number of aromatic nitrogens is 4. The van der Waals surface area contributed by atoms with Gasteiger partial charge in [0.2, 0.25) is 0 Å². The zero-order valence-corrected chi connectivity index (χ0v) is 14.8. The number of nitrogens with zero attached hydrogens (tertiary/aromatic N) is 5. The van der Waals surface area contributed by atoms with Crippen LogP contribution in [0.4, 0.5) is 5.95 Å². The van der Waals surface area contributed by atoms with Gasteiger partial charge in [-0.05, 0) is 30.5 Å². The number of aryl methyl sites for hydroxylation is 2. The molecule has 0 unspecified atom stereocenters. The molecule has 4 aromatic rings. The first-order valence-electron chi connectivity index (χ1n) is 8.79.